The van der Waals surface area contributed by atoms with Gasteiger partial charge in [-0.15, -0.1) is 10.2 Å². The number of carbonyl (C=O) groups is 1. The van der Waals surface area contributed by atoms with Gasteiger partial charge in [0.1, 0.15) is 5.60 Å². The number of nitrogen functional groups attached to an aromatic ring is 1. The molecule has 0 radical (unpaired) electrons. The van der Waals surface area contributed by atoms with Crippen LogP contribution in [0.15, 0.2) is 29.7 Å². The summed E-state index contributed by atoms with van der Waals surface area (Å²) in [6.07, 6.45) is 3.31. The molecule has 2 aromatic rings. The van der Waals surface area contributed by atoms with E-state index in [1.807, 2.05) is 26.8 Å². The number of aromatic nitrogens is 4. The number of thioether (sulfide) groups is 1. The van der Waals surface area contributed by atoms with E-state index < -0.39 is 5.60 Å². The highest BCUT2D eigenvalue weighted by molar-refractivity contribution is 7.99. The van der Waals surface area contributed by atoms with E-state index in [0.29, 0.717) is 11.0 Å². The first-order valence-electron chi connectivity index (χ1n) is 6.32. The molecule has 0 aliphatic rings. The summed E-state index contributed by atoms with van der Waals surface area (Å²) in [5.41, 5.74) is 0.256. The number of esters is 1. The highest BCUT2D eigenvalue weighted by Gasteiger charge is 2.18. The molecule has 8 heteroatoms. The average Bonchev–Trinajstić information content (AvgIpc) is 2.77. The summed E-state index contributed by atoms with van der Waals surface area (Å²) in [4.78, 5) is 15.7. The van der Waals surface area contributed by atoms with Gasteiger partial charge in [0.15, 0.2) is 5.82 Å². The van der Waals surface area contributed by atoms with E-state index in [4.69, 9.17) is 10.6 Å². The van der Waals surface area contributed by atoms with Crippen LogP contribution in [0.5, 0.6) is 0 Å². The highest BCUT2D eigenvalue weighted by Crippen LogP contribution is 2.21. The summed E-state index contributed by atoms with van der Waals surface area (Å²) in [6, 6.07) is 3.63. The zero-order chi connectivity index (χ0) is 15.5. The normalized spacial score (nSPS) is 11.4. The summed E-state index contributed by atoms with van der Waals surface area (Å²) in [5, 5.41) is 8.43. The quantitative estimate of drug-likeness (QED) is 0.519. The highest BCUT2D eigenvalue weighted by atomic mass is 32.2. The second-order valence-corrected chi connectivity index (χ2v) is 6.24. The second kappa shape index (κ2) is 6.13. The third-order valence-corrected chi connectivity index (χ3v) is 3.24. The molecular formula is C13H17N5O2S. The van der Waals surface area contributed by atoms with Crippen LogP contribution >= 0.6 is 11.8 Å². The van der Waals surface area contributed by atoms with Crippen molar-refractivity contribution >= 4 is 17.7 Å². The summed E-state index contributed by atoms with van der Waals surface area (Å²) in [6.45, 7) is 5.46. The van der Waals surface area contributed by atoms with Gasteiger partial charge in [-0.3, -0.25) is 9.78 Å². The zero-order valence-electron chi connectivity index (χ0n) is 12.1. The standard InChI is InChI=1S/C13H17N5O2S/c1-13(2,3)20-10(19)8-21-12-17-16-11(18(12)14)9-5-4-6-15-7-9/h4-7H,8,14H2,1-3H3. The Hall–Kier alpha value is -2.09. The molecule has 0 saturated heterocycles. The molecule has 0 aromatic carbocycles. The first-order chi connectivity index (χ1) is 9.87. The van der Waals surface area contributed by atoms with Crippen LogP contribution in [0.3, 0.4) is 0 Å². The van der Waals surface area contributed by atoms with Gasteiger partial charge in [-0.1, -0.05) is 11.8 Å². The third-order valence-electron chi connectivity index (χ3n) is 2.32. The third kappa shape index (κ3) is 4.19. The molecular weight excluding hydrogens is 290 g/mol. The van der Waals surface area contributed by atoms with E-state index in [9.17, 15) is 4.79 Å². The summed E-state index contributed by atoms with van der Waals surface area (Å²) >= 11 is 1.18. The van der Waals surface area contributed by atoms with Crippen LogP contribution in [-0.2, 0) is 9.53 Å². The number of nitrogens with two attached hydrogens (primary N) is 1. The molecule has 0 bridgehead atoms. The smallest absolute Gasteiger partial charge is 0.316 e. The van der Waals surface area contributed by atoms with Crippen LogP contribution in [0, 0.1) is 0 Å². The monoisotopic (exact) mass is 307 g/mol. The molecule has 0 aliphatic heterocycles. The molecule has 2 aromatic heterocycles. The minimum atomic E-state index is -0.505. The van der Waals surface area contributed by atoms with Gasteiger partial charge in [-0.05, 0) is 32.9 Å². The fourth-order valence-electron chi connectivity index (χ4n) is 1.56. The van der Waals surface area contributed by atoms with Gasteiger partial charge in [0.25, 0.3) is 0 Å². The lowest BCUT2D eigenvalue weighted by molar-refractivity contribution is -0.151. The SMILES string of the molecule is CC(C)(C)OC(=O)CSc1nnc(-c2cccnc2)n1N. The number of hydrogen-bond acceptors (Lipinski definition) is 7. The van der Waals surface area contributed by atoms with Crippen molar-refractivity contribution in [2.75, 3.05) is 11.6 Å². The van der Waals surface area contributed by atoms with Gasteiger partial charge in [0.2, 0.25) is 5.16 Å². The lowest BCUT2D eigenvalue weighted by atomic mass is 10.2. The lowest BCUT2D eigenvalue weighted by Gasteiger charge is -2.19. The summed E-state index contributed by atoms with van der Waals surface area (Å²) < 4.78 is 6.56. The van der Waals surface area contributed by atoms with Gasteiger partial charge in [0.05, 0.1) is 5.75 Å². The Morgan fingerprint density at radius 3 is 2.81 bits per heavy atom. The van der Waals surface area contributed by atoms with Crippen molar-refractivity contribution in [2.45, 2.75) is 31.5 Å². The van der Waals surface area contributed by atoms with Crippen molar-refractivity contribution in [3.63, 3.8) is 0 Å². The van der Waals surface area contributed by atoms with E-state index in [1.54, 1.807) is 18.5 Å². The van der Waals surface area contributed by atoms with Crippen LogP contribution < -0.4 is 5.84 Å². The predicted molar refractivity (Wildman–Crippen MR) is 80.0 cm³/mol. The number of rotatable bonds is 4. The van der Waals surface area contributed by atoms with Crippen molar-refractivity contribution in [3.8, 4) is 11.4 Å². The molecule has 7 nitrogen and oxygen atoms in total. The van der Waals surface area contributed by atoms with E-state index in [-0.39, 0.29) is 11.7 Å². The number of hydrogen-bond donors (Lipinski definition) is 1. The largest absolute Gasteiger partial charge is 0.459 e. The van der Waals surface area contributed by atoms with Crippen LogP contribution in [0.25, 0.3) is 11.4 Å². The molecule has 2 rings (SSSR count). The zero-order valence-corrected chi connectivity index (χ0v) is 12.9. The Labute approximate surface area is 126 Å². The van der Waals surface area contributed by atoms with Gasteiger partial charge in [-0.2, -0.15) is 0 Å². The number of carbonyl (C=O) groups excluding carboxylic acids is 1. The molecule has 0 unspecified atom stereocenters. The Balaban J connectivity index is 2.03. The van der Waals surface area contributed by atoms with Crippen molar-refractivity contribution in [1.29, 1.82) is 0 Å². The number of nitrogens with zero attached hydrogens (tertiary/aromatic N) is 4. The maximum absolute atomic E-state index is 11.7. The van der Waals surface area contributed by atoms with Crippen molar-refractivity contribution in [1.82, 2.24) is 19.9 Å². The Kier molecular flexibility index (Phi) is 4.46. The minimum absolute atomic E-state index is 0.125. The van der Waals surface area contributed by atoms with E-state index in [2.05, 4.69) is 15.2 Å². The first kappa shape index (κ1) is 15.3. The van der Waals surface area contributed by atoms with Crippen LogP contribution in [0.2, 0.25) is 0 Å². The Bertz CT molecular complexity index is 621. The van der Waals surface area contributed by atoms with Crippen LogP contribution in [0.1, 0.15) is 20.8 Å². The molecule has 2 heterocycles. The summed E-state index contributed by atoms with van der Waals surface area (Å²) in [7, 11) is 0. The molecule has 0 amide bonds. The van der Waals surface area contributed by atoms with E-state index in [1.165, 1.54) is 16.4 Å². The molecule has 2 N–H and O–H groups in total. The predicted octanol–water partition coefficient (Wildman–Crippen LogP) is 1.49. The molecule has 112 valence electrons. The van der Waals surface area contributed by atoms with Gasteiger partial charge in [-0.25, -0.2) is 4.68 Å². The summed E-state index contributed by atoms with van der Waals surface area (Å²) in [5.74, 6) is 6.24. The van der Waals surface area contributed by atoms with Gasteiger partial charge < -0.3 is 10.6 Å². The minimum Gasteiger partial charge on any atom is -0.459 e. The van der Waals surface area contributed by atoms with Gasteiger partial charge in [0, 0.05) is 18.0 Å². The van der Waals surface area contributed by atoms with Gasteiger partial charge >= 0.3 is 5.97 Å². The van der Waals surface area contributed by atoms with Crippen molar-refractivity contribution < 1.29 is 9.53 Å². The Morgan fingerprint density at radius 1 is 1.43 bits per heavy atom. The number of ether oxygens (including phenoxy) is 1. The van der Waals surface area contributed by atoms with E-state index >= 15 is 0 Å². The average molecular weight is 307 g/mol. The van der Waals surface area contributed by atoms with Crippen molar-refractivity contribution in [3.05, 3.63) is 24.5 Å². The molecule has 0 aliphatic carbocycles. The molecule has 0 atom stereocenters. The topological polar surface area (TPSA) is 95.9 Å². The first-order valence-corrected chi connectivity index (χ1v) is 7.31. The maximum Gasteiger partial charge on any atom is 0.316 e. The second-order valence-electron chi connectivity index (χ2n) is 5.29. The molecule has 0 fully saturated rings. The lowest BCUT2D eigenvalue weighted by Crippen LogP contribution is -2.25. The maximum atomic E-state index is 11.7. The van der Waals surface area contributed by atoms with Crippen LogP contribution in [-0.4, -0.2) is 37.2 Å². The molecule has 0 spiro atoms. The van der Waals surface area contributed by atoms with E-state index in [0.717, 1.165) is 5.56 Å². The fourth-order valence-corrected chi connectivity index (χ4v) is 2.19. The van der Waals surface area contributed by atoms with Crippen LogP contribution in [0.4, 0.5) is 0 Å². The Morgan fingerprint density at radius 2 is 2.19 bits per heavy atom. The fraction of sp³-hybridized carbons (Fsp3) is 0.385. The number of pyridine rings is 1. The molecule has 0 saturated carbocycles. The molecule has 21 heavy (non-hydrogen) atoms. The van der Waals surface area contributed by atoms with Crippen molar-refractivity contribution in [2.24, 2.45) is 0 Å².